The average Bonchev–Trinajstić information content (AvgIpc) is 2.74. The predicted molar refractivity (Wildman–Crippen MR) is 103 cm³/mol. The van der Waals surface area contributed by atoms with Gasteiger partial charge in [0.15, 0.2) is 11.6 Å². The number of amides is 2. The van der Waals surface area contributed by atoms with Gasteiger partial charge in [-0.15, -0.1) is 0 Å². The zero-order chi connectivity index (χ0) is 20.4. The van der Waals surface area contributed by atoms with Gasteiger partial charge in [0.25, 0.3) is 0 Å². The molecule has 2 aromatic carbocycles. The number of benzene rings is 2. The van der Waals surface area contributed by atoms with Crippen LogP contribution >= 0.6 is 0 Å². The number of nitrogens with zero attached hydrogens (tertiary/aromatic N) is 3. The van der Waals surface area contributed by atoms with Crippen LogP contribution < -0.4 is 15.0 Å². The molecule has 2 amide bonds. The fourth-order valence-electron chi connectivity index (χ4n) is 3.76. The van der Waals surface area contributed by atoms with Crippen molar-refractivity contribution in [3.05, 3.63) is 59.2 Å². The Hall–Kier alpha value is -3.34. The standard InChI is InChI=1S/C21H20F2N4O2/c22-16-3-1-2-15-18(6-11-29-20(15)16)25-21(28)27-9-7-26(8-10-27)19-5-4-14(13-24)12-17(19)23/h1-5,12,18H,6-11H2,(H,25,28)/t18-/m0/s1. The minimum absolute atomic E-state index is 0.199. The van der Waals surface area contributed by atoms with Crippen molar-refractivity contribution in [1.29, 1.82) is 5.26 Å². The quantitative estimate of drug-likeness (QED) is 0.844. The molecule has 0 aliphatic carbocycles. The van der Waals surface area contributed by atoms with Crippen LogP contribution in [0.4, 0.5) is 19.3 Å². The molecule has 4 rings (SSSR count). The Kier molecular flexibility index (Phi) is 5.21. The predicted octanol–water partition coefficient (Wildman–Crippen LogP) is 3.19. The molecule has 1 fully saturated rings. The zero-order valence-corrected chi connectivity index (χ0v) is 15.7. The fourth-order valence-corrected chi connectivity index (χ4v) is 3.76. The van der Waals surface area contributed by atoms with Gasteiger partial charge in [-0.2, -0.15) is 5.26 Å². The Labute approximate surface area is 167 Å². The Morgan fingerprint density at radius 3 is 2.66 bits per heavy atom. The highest BCUT2D eigenvalue weighted by Crippen LogP contribution is 2.34. The highest BCUT2D eigenvalue weighted by atomic mass is 19.1. The van der Waals surface area contributed by atoms with Crippen LogP contribution in [0, 0.1) is 23.0 Å². The van der Waals surface area contributed by atoms with E-state index in [9.17, 15) is 13.6 Å². The van der Waals surface area contributed by atoms with Crippen LogP contribution in [0.15, 0.2) is 36.4 Å². The summed E-state index contributed by atoms with van der Waals surface area (Å²) in [5, 5.41) is 11.8. The van der Waals surface area contributed by atoms with Gasteiger partial charge in [0, 0.05) is 38.2 Å². The lowest BCUT2D eigenvalue weighted by Crippen LogP contribution is -2.52. The largest absolute Gasteiger partial charge is 0.490 e. The van der Waals surface area contributed by atoms with Crippen molar-refractivity contribution in [1.82, 2.24) is 10.2 Å². The van der Waals surface area contributed by atoms with Crippen LogP contribution in [0.1, 0.15) is 23.6 Å². The van der Waals surface area contributed by atoms with Gasteiger partial charge in [0.05, 0.1) is 30.0 Å². The van der Waals surface area contributed by atoms with Gasteiger partial charge in [0.1, 0.15) is 5.82 Å². The summed E-state index contributed by atoms with van der Waals surface area (Å²) in [6.07, 6.45) is 0.568. The topological polar surface area (TPSA) is 68.6 Å². The maximum Gasteiger partial charge on any atom is 0.318 e. The van der Waals surface area contributed by atoms with Gasteiger partial charge in [-0.05, 0) is 24.3 Å². The molecule has 6 nitrogen and oxygen atoms in total. The second kappa shape index (κ2) is 7.95. The highest BCUT2D eigenvalue weighted by molar-refractivity contribution is 5.75. The average molecular weight is 398 g/mol. The van der Waals surface area contributed by atoms with E-state index in [0.717, 1.165) is 0 Å². The number of nitriles is 1. The first-order chi connectivity index (χ1) is 14.1. The van der Waals surface area contributed by atoms with Crippen molar-refractivity contribution in [3.63, 3.8) is 0 Å². The van der Waals surface area contributed by atoms with E-state index in [1.807, 2.05) is 11.0 Å². The molecule has 0 unspecified atom stereocenters. The molecule has 150 valence electrons. The number of urea groups is 1. The van der Waals surface area contributed by atoms with E-state index in [2.05, 4.69) is 5.32 Å². The molecule has 29 heavy (non-hydrogen) atoms. The van der Waals surface area contributed by atoms with E-state index in [1.165, 1.54) is 12.1 Å². The third-order valence-electron chi connectivity index (χ3n) is 5.31. The van der Waals surface area contributed by atoms with Gasteiger partial charge in [0.2, 0.25) is 0 Å². The van der Waals surface area contributed by atoms with Gasteiger partial charge >= 0.3 is 6.03 Å². The van der Waals surface area contributed by atoms with Crippen LogP contribution in [-0.4, -0.2) is 43.7 Å². The second-order valence-electron chi connectivity index (χ2n) is 7.05. The number of carbonyl (C=O) groups excluding carboxylic acids is 1. The number of hydrogen-bond acceptors (Lipinski definition) is 4. The fraction of sp³-hybridized carbons (Fsp3) is 0.333. The number of anilines is 1. The van der Waals surface area contributed by atoms with Crippen molar-refractivity contribution in [2.24, 2.45) is 0 Å². The molecule has 2 aliphatic rings. The maximum atomic E-state index is 14.2. The summed E-state index contributed by atoms with van der Waals surface area (Å²) in [6, 6.07) is 10.5. The van der Waals surface area contributed by atoms with E-state index < -0.39 is 11.6 Å². The van der Waals surface area contributed by atoms with E-state index in [-0.39, 0.29) is 23.4 Å². The lowest BCUT2D eigenvalue weighted by Gasteiger charge is -2.37. The normalized spacial score (nSPS) is 18.4. The minimum Gasteiger partial charge on any atom is -0.490 e. The summed E-state index contributed by atoms with van der Waals surface area (Å²) < 4.78 is 33.6. The Morgan fingerprint density at radius 1 is 1.14 bits per heavy atom. The van der Waals surface area contributed by atoms with Gasteiger partial charge in [-0.3, -0.25) is 0 Å². The first-order valence-corrected chi connectivity index (χ1v) is 9.48. The van der Waals surface area contributed by atoms with Crippen LogP contribution in [0.5, 0.6) is 5.75 Å². The number of hydrogen-bond donors (Lipinski definition) is 1. The summed E-state index contributed by atoms with van der Waals surface area (Å²) in [6.45, 7) is 2.17. The molecule has 2 aromatic rings. The molecular weight excluding hydrogens is 378 g/mol. The number of nitrogens with one attached hydrogen (secondary N) is 1. The van der Waals surface area contributed by atoms with Crippen LogP contribution in [0.25, 0.3) is 0 Å². The van der Waals surface area contributed by atoms with Crippen molar-refractivity contribution >= 4 is 11.7 Å². The molecule has 1 atom stereocenters. The smallest absolute Gasteiger partial charge is 0.318 e. The molecule has 0 saturated carbocycles. The van der Waals surface area contributed by atoms with Gasteiger partial charge < -0.3 is 19.9 Å². The second-order valence-corrected chi connectivity index (χ2v) is 7.05. The lowest BCUT2D eigenvalue weighted by molar-refractivity contribution is 0.182. The molecule has 1 N–H and O–H groups in total. The molecule has 2 aliphatic heterocycles. The molecule has 2 heterocycles. The monoisotopic (exact) mass is 398 g/mol. The van der Waals surface area contributed by atoms with E-state index in [4.69, 9.17) is 10.00 Å². The molecule has 8 heteroatoms. The van der Waals surface area contributed by atoms with Crippen molar-refractivity contribution in [3.8, 4) is 11.8 Å². The molecular formula is C21H20F2N4O2. The Bertz CT molecular complexity index is 968. The van der Waals surface area contributed by atoms with Crippen LogP contribution in [-0.2, 0) is 0 Å². The number of para-hydroxylation sites is 1. The Balaban J connectivity index is 1.38. The summed E-state index contributed by atoms with van der Waals surface area (Å²) in [5.41, 5.74) is 1.35. The number of piperazine rings is 1. The lowest BCUT2D eigenvalue weighted by atomic mass is 10.0. The van der Waals surface area contributed by atoms with Gasteiger partial charge in [-0.1, -0.05) is 12.1 Å². The first-order valence-electron chi connectivity index (χ1n) is 9.48. The maximum absolute atomic E-state index is 14.2. The third-order valence-corrected chi connectivity index (χ3v) is 5.31. The summed E-state index contributed by atoms with van der Waals surface area (Å²) >= 11 is 0. The first kappa shape index (κ1) is 19.0. The SMILES string of the molecule is N#Cc1ccc(N2CCN(C(=O)N[C@H]3CCOc4c(F)cccc43)CC2)c(F)c1. The van der Waals surface area contributed by atoms with Gasteiger partial charge in [-0.25, -0.2) is 13.6 Å². The summed E-state index contributed by atoms with van der Waals surface area (Å²) in [5.74, 6) is -0.674. The van der Waals surface area contributed by atoms with Crippen molar-refractivity contribution in [2.75, 3.05) is 37.7 Å². The van der Waals surface area contributed by atoms with Crippen molar-refractivity contribution in [2.45, 2.75) is 12.5 Å². The van der Waals surface area contributed by atoms with Crippen molar-refractivity contribution < 1.29 is 18.3 Å². The number of ether oxygens (including phenoxy) is 1. The number of rotatable bonds is 2. The Morgan fingerprint density at radius 2 is 1.93 bits per heavy atom. The minimum atomic E-state index is -0.442. The molecule has 0 aromatic heterocycles. The molecule has 1 saturated heterocycles. The summed E-state index contributed by atoms with van der Waals surface area (Å²) in [7, 11) is 0. The molecule has 0 bridgehead atoms. The molecule has 0 spiro atoms. The van der Waals surface area contributed by atoms with Crippen LogP contribution in [0.2, 0.25) is 0 Å². The number of carbonyl (C=O) groups is 1. The van der Waals surface area contributed by atoms with E-state index in [1.54, 1.807) is 29.2 Å². The summed E-state index contributed by atoms with van der Waals surface area (Å²) in [4.78, 5) is 16.2. The van der Waals surface area contributed by atoms with E-state index in [0.29, 0.717) is 50.5 Å². The highest BCUT2D eigenvalue weighted by Gasteiger charge is 2.28. The third kappa shape index (κ3) is 3.81. The number of halogens is 2. The zero-order valence-electron chi connectivity index (χ0n) is 15.7. The van der Waals surface area contributed by atoms with E-state index >= 15 is 0 Å². The van der Waals surface area contributed by atoms with Crippen LogP contribution in [0.3, 0.4) is 0 Å². The number of fused-ring (bicyclic) bond motifs is 1. The molecule has 0 radical (unpaired) electrons.